The molecule has 0 heterocycles. The van der Waals surface area contributed by atoms with Gasteiger partial charge in [-0.3, -0.25) is 15.7 Å². The number of nitrogens with zero attached hydrogens (tertiary/aromatic N) is 3. The van der Waals surface area contributed by atoms with E-state index in [4.69, 9.17) is 33.8 Å². The molecule has 1 aromatic carbocycles. The van der Waals surface area contributed by atoms with E-state index in [-0.39, 0.29) is 17.9 Å². The van der Waals surface area contributed by atoms with Crippen LogP contribution in [0.3, 0.4) is 0 Å². The molecule has 0 amide bonds. The van der Waals surface area contributed by atoms with Crippen molar-refractivity contribution in [3.05, 3.63) is 29.8 Å². The van der Waals surface area contributed by atoms with Gasteiger partial charge in [-0.15, -0.1) is 5.10 Å². The number of guanidine groups is 3. The van der Waals surface area contributed by atoms with Crippen LogP contribution < -0.4 is 27.8 Å². The molecule has 10 N–H and O–H groups in total. The number of anilines is 1. The van der Waals surface area contributed by atoms with Crippen LogP contribution in [-0.2, 0) is 0 Å². The first-order chi connectivity index (χ1) is 9.32. The van der Waals surface area contributed by atoms with Crippen LogP contribution in [0, 0.1) is 10.8 Å². The van der Waals surface area contributed by atoms with Crippen LogP contribution in [0.2, 0.25) is 0 Å². The molecule has 20 heavy (non-hydrogen) atoms. The van der Waals surface area contributed by atoms with E-state index in [1.165, 1.54) is 0 Å². The molecule has 0 fully saturated rings. The lowest BCUT2D eigenvalue weighted by Crippen LogP contribution is -2.45. The van der Waals surface area contributed by atoms with Gasteiger partial charge in [0.15, 0.2) is 11.9 Å². The summed E-state index contributed by atoms with van der Waals surface area (Å²) in [6.45, 7) is 1.75. The van der Waals surface area contributed by atoms with Crippen molar-refractivity contribution < 1.29 is 0 Å². The number of nitrogens with two attached hydrogens (primary N) is 4. The number of rotatable bonds is 3. The molecule has 106 valence electrons. The third-order valence-electron chi connectivity index (χ3n) is 2.34. The molecular formula is C11H17N9. The Labute approximate surface area is 116 Å². The summed E-state index contributed by atoms with van der Waals surface area (Å²) in [6, 6.07) is 6.78. The molecular weight excluding hydrogens is 258 g/mol. The molecule has 0 spiro atoms. The SMILES string of the molecule is C/C(=N/N=C(N)N)c1ccc(N(C(=N)N)C(=N)N)cc1. The van der Waals surface area contributed by atoms with Crippen molar-refractivity contribution in [2.75, 3.05) is 4.90 Å². The second-order valence-electron chi connectivity index (χ2n) is 3.86. The monoisotopic (exact) mass is 275 g/mol. The Bertz CT molecular complexity index is 552. The smallest absolute Gasteiger partial charge is 0.211 e. The zero-order chi connectivity index (χ0) is 15.3. The van der Waals surface area contributed by atoms with Crippen molar-refractivity contribution in [1.29, 1.82) is 10.8 Å². The molecule has 9 nitrogen and oxygen atoms in total. The standard InChI is InChI=1S/C11H17N9/c1-6(18-19-9(12)13)7-2-4-8(5-3-7)20(10(14)15)11(16)17/h2-5H,1H3,(H3,14,15)(H3,16,17)(H4,12,13,19)/b18-6-. The predicted molar refractivity (Wildman–Crippen MR) is 80.8 cm³/mol. The molecule has 0 saturated heterocycles. The van der Waals surface area contributed by atoms with Gasteiger partial charge in [-0.2, -0.15) is 5.10 Å². The molecule has 0 atom stereocenters. The minimum Gasteiger partial charge on any atom is -0.369 e. The van der Waals surface area contributed by atoms with E-state index < -0.39 is 0 Å². The summed E-state index contributed by atoms with van der Waals surface area (Å²) in [5.41, 5.74) is 23.0. The topological polar surface area (TPSA) is 180 Å². The van der Waals surface area contributed by atoms with Crippen molar-refractivity contribution in [2.45, 2.75) is 6.92 Å². The minimum atomic E-state index is -0.337. The fourth-order valence-electron chi connectivity index (χ4n) is 1.45. The van der Waals surface area contributed by atoms with Gasteiger partial charge in [-0.25, -0.2) is 0 Å². The normalized spacial score (nSPS) is 10.8. The fraction of sp³-hybridized carbons (Fsp3) is 0.0909. The molecule has 1 rings (SSSR count). The summed E-state index contributed by atoms with van der Waals surface area (Å²) in [4.78, 5) is 1.09. The van der Waals surface area contributed by atoms with Crippen LogP contribution in [-0.4, -0.2) is 23.6 Å². The third kappa shape index (κ3) is 3.70. The Hall–Kier alpha value is -3.10. The van der Waals surface area contributed by atoms with E-state index in [0.717, 1.165) is 10.5 Å². The molecule has 0 bridgehead atoms. The van der Waals surface area contributed by atoms with Gasteiger partial charge in [0, 0.05) is 0 Å². The van der Waals surface area contributed by atoms with E-state index in [9.17, 15) is 0 Å². The molecule has 0 unspecified atom stereocenters. The highest BCUT2D eigenvalue weighted by molar-refractivity contribution is 6.14. The van der Waals surface area contributed by atoms with Gasteiger partial charge in [0.2, 0.25) is 5.96 Å². The van der Waals surface area contributed by atoms with Crippen molar-refractivity contribution >= 4 is 29.3 Å². The van der Waals surface area contributed by atoms with Crippen LogP contribution in [0.4, 0.5) is 5.69 Å². The van der Waals surface area contributed by atoms with Crippen molar-refractivity contribution in [3.63, 3.8) is 0 Å². The van der Waals surface area contributed by atoms with Crippen LogP contribution >= 0.6 is 0 Å². The maximum Gasteiger partial charge on any atom is 0.211 e. The van der Waals surface area contributed by atoms with Crippen molar-refractivity contribution in [1.82, 2.24) is 0 Å². The number of hydrogen-bond acceptors (Lipinski definition) is 4. The predicted octanol–water partition coefficient (Wildman–Crippen LogP) is -0.723. The number of nitrogens with one attached hydrogen (secondary N) is 2. The van der Waals surface area contributed by atoms with Gasteiger partial charge >= 0.3 is 0 Å². The largest absolute Gasteiger partial charge is 0.369 e. The Kier molecular flexibility index (Phi) is 4.62. The first kappa shape index (κ1) is 15.0. The maximum absolute atomic E-state index is 7.38. The van der Waals surface area contributed by atoms with Crippen LogP contribution in [0.1, 0.15) is 12.5 Å². The number of benzene rings is 1. The van der Waals surface area contributed by atoms with Gasteiger partial charge < -0.3 is 22.9 Å². The highest BCUT2D eigenvalue weighted by Gasteiger charge is 2.12. The highest BCUT2D eigenvalue weighted by Crippen LogP contribution is 2.15. The second-order valence-corrected chi connectivity index (χ2v) is 3.86. The molecule has 0 saturated carbocycles. The molecule has 0 aliphatic heterocycles. The first-order valence-corrected chi connectivity index (χ1v) is 5.54. The lowest BCUT2D eigenvalue weighted by Gasteiger charge is -2.20. The van der Waals surface area contributed by atoms with Gasteiger partial charge in [-0.05, 0) is 24.6 Å². The molecule has 0 aliphatic carbocycles. The van der Waals surface area contributed by atoms with Crippen LogP contribution in [0.5, 0.6) is 0 Å². The zero-order valence-electron chi connectivity index (χ0n) is 11.0. The van der Waals surface area contributed by atoms with Gasteiger partial charge in [0.25, 0.3) is 0 Å². The average molecular weight is 275 g/mol. The summed E-state index contributed by atoms with van der Waals surface area (Å²) in [5.74, 6) is -0.799. The Morgan fingerprint density at radius 3 is 1.85 bits per heavy atom. The summed E-state index contributed by atoms with van der Waals surface area (Å²) in [7, 11) is 0. The Balaban J connectivity index is 3.05. The fourth-order valence-corrected chi connectivity index (χ4v) is 1.45. The van der Waals surface area contributed by atoms with Crippen LogP contribution in [0.25, 0.3) is 0 Å². The third-order valence-corrected chi connectivity index (χ3v) is 2.34. The highest BCUT2D eigenvalue weighted by atomic mass is 15.3. The van der Waals surface area contributed by atoms with E-state index in [2.05, 4.69) is 10.2 Å². The zero-order valence-corrected chi connectivity index (χ0v) is 11.0. The molecule has 0 aromatic heterocycles. The summed E-state index contributed by atoms with van der Waals surface area (Å²) in [5, 5.41) is 22.2. The Morgan fingerprint density at radius 1 is 0.950 bits per heavy atom. The Morgan fingerprint density at radius 2 is 1.45 bits per heavy atom. The molecule has 1 aromatic rings. The molecule has 9 heteroatoms. The van der Waals surface area contributed by atoms with E-state index in [1.54, 1.807) is 31.2 Å². The van der Waals surface area contributed by atoms with Gasteiger partial charge in [0.1, 0.15) is 0 Å². The van der Waals surface area contributed by atoms with E-state index >= 15 is 0 Å². The summed E-state index contributed by atoms with van der Waals surface area (Å²) < 4.78 is 0. The lowest BCUT2D eigenvalue weighted by atomic mass is 10.1. The second kappa shape index (κ2) is 6.18. The lowest BCUT2D eigenvalue weighted by molar-refractivity contribution is 1.19. The summed E-state index contributed by atoms with van der Waals surface area (Å²) in [6.07, 6.45) is 0. The number of hydrogen-bond donors (Lipinski definition) is 6. The van der Waals surface area contributed by atoms with Gasteiger partial charge in [-0.1, -0.05) is 12.1 Å². The van der Waals surface area contributed by atoms with Crippen molar-refractivity contribution in [3.8, 4) is 0 Å². The average Bonchev–Trinajstić information content (AvgIpc) is 2.36. The van der Waals surface area contributed by atoms with E-state index in [0.29, 0.717) is 11.4 Å². The summed E-state index contributed by atoms with van der Waals surface area (Å²) >= 11 is 0. The first-order valence-electron chi connectivity index (χ1n) is 5.54. The maximum atomic E-state index is 7.38. The molecule has 0 radical (unpaired) electrons. The van der Waals surface area contributed by atoms with Gasteiger partial charge in [0.05, 0.1) is 11.4 Å². The van der Waals surface area contributed by atoms with E-state index in [1.807, 2.05) is 0 Å². The van der Waals surface area contributed by atoms with Crippen LogP contribution in [0.15, 0.2) is 34.5 Å². The minimum absolute atomic E-state index is 0.125. The molecule has 0 aliphatic rings. The van der Waals surface area contributed by atoms with Crippen molar-refractivity contribution in [2.24, 2.45) is 33.1 Å². The quantitative estimate of drug-likeness (QED) is 0.241.